The summed E-state index contributed by atoms with van der Waals surface area (Å²) < 4.78 is 27.6. The summed E-state index contributed by atoms with van der Waals surface area (Å²) in [6.45, 7) is 7.71. The molecule has 0 saturated carbocycles. The zero-order valence-electron chi connectivity index (χ0n) is 20.2. The van der Waals surface area contributed by atoms with E-state index in [-0.39, 0.29) is 5.91 Å². The molecule has 0 atom stereocenters. The number of nitrogens with one attached hydrogen (secondary N) is 1. The van der Waals surface area contributed by atoms with E-state index in [4.69, 9.17) is 11.6 Å². The number of halogens is 1. The minimum Gasteiger partial charge on any atom is -0.366 e. The lowest BCUT2D eigenvalue weighted by atomic mass is 10.0. The van der Waals surface area contributed by atoms with E-state index in [1.54, 1.807) is 36.4 Å². The highest BCUT2D eigenvalue weighted by Gasteiger charge is 2.30. The van der Waals surface area contributed by atoms with Crippen molar-refractivity contribution in [2.75, 3.05) is 36.4 Å². The smallest absolute Gasteiger partial charge is 0.255 e. The van der Waals surface area contributed by atoms with Crippen molar-refractivity contribution in [2.24, 2.45) is 0 Å². The number of nitrogens with zero attached hydrogens (tertiary/aromatic N) is 2. The number of benzene rings is 3. The number of aryl methyl sites for hydroxylation is 1. The quantitative estimate of drug-likeness (QED) is 0.472. The van der Waals surface area contributed by atoms with Crippen LogP contribution in [0.4, 0.5) is 11.4 Å². The largest absolute Gasteiger partial charge is 0.366 e. The first-order chi connectivity index (χ1) is 16.7. The molecule has 1 aliphatic heterocycles. The first-order valence-electron chi connectivity index (χ1n) is 11.7. The maximum atomic E-state index is 13.1. The topological polar surface area (TPSA) is 69.7 Å². The van der Waals surface area contributed by atoms with Crippen molar-refractivity contribution in [3.8, 4) is 0 Å². The van der Waals surface area contributed by atoms with E-state index >= 15 is 0 Å². The van der Waals surface area contributed by atoms with Gasteiger partial charge in [-0.3, -0.25) is 4.79 Å². The molecule has 3 aromatic rings. The maximum absolute atomic E-state index is 13.1. The number of para-hydroxylation sites is 1. The minimum atomic E-state index is -3.57. The summed E-state index contributed by atoms with van der Waals surface area (Å²) in [5.41, 5.74) is 4.05. The number of hydrogen-bond acceptors (Lipinski definition) is 4. The number of sulfonamides is 1. The fourth-order valence-electron chi connectivity index (χ4n) is 4.16. The van der Waals surface area contributed by atoms with Gasteiger partial charge < -0.3 is 10.2 Å². The molecule has 1 saturated heterocycles. The van der Waals surface area contributed by atoms with Crippen LogP contribution in [-0.4, -0.2) is 44.8 Å². The molecule has 8 heteroatoms. The lowest BCUT2D eigenvalue weighted by Crippen LogP contribution is -2.49. The second-order valence-electron chi connectivity index (χ2n) is 9.07. The summed E-state index contributed by atoms with van der Waals surface area (Å²) in [4.78, 5) is 15.3. The van der Waals surface area contributed by atoms with Crippen LogP contribution in [0.3, 0.4) is 0 Å². The van der Waals surface area contributed by atoms with E-state index < -0.39 is 10.0 Å². The molecule has 35 heavy (non-hydrogen) atoms. The van der Waals surface area contributed by atoms with Gasteiger partial charge in [0.15, 0.2) is 0 Å². The van der Waals surface area contributed by atoms with Crippen LogP contribution in [-0.2, 0) is 10.0 Å². The van der Waals surface area contributed by atoms with E-state index in [1.165, 1.54) is 9.87 Å². The zero-order valence-corrected chi connectivity index (χ0v) is 21.7. The zero-order chi connectivity index (χ0) is 25.2. The number of rotatable bonds is 6. The monoisotopic (exact) mass is 511 g/mol. The van der Waals surface area contributed by atoms with E-state index in [0.717, 1.165) is 5.56 Å². The van der Waals surface area contributed by atoms with Crippen LogP contribution in [0.15, 0.2) is 71.6 Å². The molecule has 6 nitrogen and oxygen atoms in total. The van der Waals surface area contributed by atoms with Crippen LogP contribution >= 0.6 is 11.6 Å². The Kier molecular flexibility index (Phi) is 7.50. The predicted molar refractivity (Wildman–Crippen MR) is 142 cm³/mol. The van der Waals surface area contributed by atoms with Crippen LogP contribution in [0.25, 0.3) is 0 Å². The summed E-state index contributed by atoms with van der Waals surface area (Å²) in [6.07, 6.45) is 0. The van der Waals surface area contributed by atoms with Gasteiger partial charge in [0.2, 0.25) is 10.0 Å². The number of piperazine rings is 1. The first-order valence-corrected chi connectivity index (χ1v) is 13.5. The van der Waals surface area contributed by atoms with E-state index in [9.17, 15) is 13.2 Å². The summed E-state index contributed by atoms with van der Waals surface area (Å²) in [6, 6.07) is 19.9. The van der Waals surface area contributed by atoms with E-state index in [1.807, 2.05) is 42.2 Å². The third kappa shape index (κ3) is 5.53. The van der Waals surface area contributed by atoms with Gasteiger partial charge in [0.1, 0.15) is 0 Å². The molecule has 1 amide bonds. The van der Waals surface area contributed by atoms with E-state index in [0.29, 0.717) is 59.0 Å². The van der Waals surface area contributed by atoms with Crippen molar-refractivity contribution < 1.29 is 13.2 Å². The van der Waals surface area contributed by atoms with Gasteiger partial charge in [-0.2, -0.15) is 4.31 Å². The summed E-state index contributed by atoms with van der Waals surface area (Å²) in [5, 5.41) is 3.50. The Morgan fingerprint density at radius 1 is 0.914 bits per heavy atom. The highest BCUT2D eigenvalue weighted by molar-refractivity contribution is 7.89. The Morgan fingerprint density at radius 3 is 2.14 bits per heavy atom. The van der Waals surface area contributed by atoms with Gasteiger partial charge in [0.05, 0.1) is 21.3 Å². The molecule has 4 rings (SSSR count). The normalized spacial score (nSPS) is 14.8. The molecule has 1 aliphatic rings. The standard InChI is InChI=1S/C27H30ClN3O3S/c1-19(2)21-9-11-22(12-10-21)27(32)29-25-6-4-5-24(28)26(25)30-15-17-31(18-16-30)35(33,34)23-13-7-20(3)8-14-23/h4-14,19H,15-18H2,1-3H3,(H,29,32). The average Bonchev–Trinajstić information content (AvgIpc) is 2.84. The predicted octanol–water partition coefficient (Wildman–Crippen LogP) is 5.54. The minimum absolute atomic E-state index is 0.218. The maximum Gasteiger partial charge on any atom is 0.255 e. The highest BCUT2D eigenvalue weighted by atomic mass is 35.5. The van der Waals surface area contributed by atoms with Gasteiger partial charge in [0, 0.05) is 31.7 Å². The van der Waals surface area contributed by atoms with Crippen molar-refractivity contribution in [1.29, 1.82) is 0 Å². The summed E-state index contributed by atoms with van der Waals surface area (Å²) >= 11 is 6.56. The van der Waals surface area contributed by atoms with Gasteiger partial charge in [-0.25, -0.2) is 8.42 Å². The Balaban J connectivity index is 1.49. The fourth-order valence-corrected chi connectivity index (χ4v) is 5.88. The number of hydrogen-bond donors (Lipinski definition) is 1. The second-order valence-corrected chi connectivity index (χ2v) is 11.4. The van der Waals surface area contributed by atoms with E-state index in [2.05, 4.69) is 19.2 Å². The third-order valence-electron chi connectivity index (χ3n) is 6.29. The SMILES string of the molecule is Cc1ccc(S(=O)(=O)N2CCN(c3c(Cl)cccc3NC(=O)c3ccc(C(C)C)cc3)CC2)cc1. The number of anilines is 2. The molecule has 184 valence electrons. The first kappa shape index (κ1) is 25.2. The molecule has 0 bridgehead atoms. The summed E-state index contributed by atoms with van der Waals surface area (Å²) in [7, 11) is -3.57. The van der Waals surface area contributed by atoms with Gasteiger partial charge in [-0.1, -0.05) is 61.3 Å². The second kappa shape index (κ2) is 10.4. The lowest BCUT2D eigenvalue weighted by molar-refractivity contribution is 0.102. The van der Waals surface area contributed by atoms with Crippen LogP contribution in [0.5, 0.6) is 0 Å². The highest BCUT2D eigenvalue weighted by Crippen LogP contribution is 2.35. The van der Waals surface area contributed by atoms with Crippen LogP contribution in [0.1, 0.15) is 41.3 Å². The van der Waals surface area contributed by atoms with Crippen molar-refractivity contribution in [1.82, 2.24) is 4.31 Å². The molecule has 0 radical (unpaired) electrons. The molecule has 1 N–H and O–H groups in total. The lowest BCUT2D eigenvalue weighted by Gasteiger charge is -2.36. The molecular weight excluding hydrogens is 482 g/mol. The number of carbonyl (C=O) groups excluding carboxylic acids is 1. The molecule has 0 unspecified atom stereocenters. The van der Waals surface area contributed by atoms with Gasteiger partial charge in [-0.15, -0.1) is 0 Å². The summed E-state index contributed by atoms with van der Waals surface area (Å²) in [5.74, 6) is 0.171. The van der Waals surface area contributed by atoms with Crippen molar-refractivity contribution in [3.63, 3.8) is 0 Å². The van der Waals surface area contributed by atoms with Gasteiger partial charge in [-0.05, 0) is 54.8 Å². The van der Waals surface area contributed by atoms with Crippen LogP contribution in [0, 0.1) is 6.92 Å². The fraction of sp³-hybridized carbons (Fsp3) is 0.296. The third-order valence-corrected chi connectivity index (χ3v) is 8.51. The van der Waals surface area contributed by atoms with Crippen molar-refractivity contribution >= 4 is 38.9 Å². The molecule has 1 heterocycles. The number of carbonyl (C=O) groups is 1. The van der Waals surface area contributed by atoms with Crippen LogP contribution < -0.4 is 10.2 Å². The van der Waals surface area contributed by atoms with Crippen LogP contribution in [0.2, 0.25) is 5.02 Å². The van der Waals surface area contributed by atoms with Gasteiger partial charge >= 0.3 is 0 Å². The Bertz CT molecular complexity index is 1300. The molecule has 3 aromatic carbocycles. The Hall–Kier alpha value is -2.87. The van der Waals surface area contributed by atoms with Crippen molar-refractivity contribution in [3.05, 3.63) is 88.4 Å². The molecular formula is C27H30ClN3O3S. The molecule has 1 fully saturated rings. The van der Waals surface area contributed by atoms with Gasteiger partial charge in [0.25, 0.3) is 5.91 Å². The molecule has 0 spiro atoms. The molecule has 0 aromatic heterocycles. The Labute approximate surface area is 212 Å². The number of amides is 1. The van der Waals surface area contributed by atoms with Crippen molar-refractivity contribution in [2.45, 2.75) is 31.6 Å². The Morgan fingerprint density at radius 2 is 1.54 bits per heavy atom. The molecule has 0 aliphatic carbocycles. The average molecular weight is 512 g/mol.